The second-order valence-corrected chi connectivity index (χ2v) is 5.19. The maximum atomic E-state index is 10.3. The zero-order chi connectivity index (χ0) is 16.3. The van der Waals surface area contributed by atoms with Crippen LogP contribution in [0.4, 0.5) is 0 Å². The maximum Gasteiger partial charge on any atom is 0.429 e. The average molecular weight is 312 g/mol. The number of rotatable bonds is 6. The highest BCUT2D eigenvalue weighted by atomic mass is 31.2. The number of nitrogens with one attached hydrogen (secondary N) is 2. The van der Waals surface area contributed by atoms with Gasteiger partial charge in [0.05, 0.1) is 0 Å². The zero-order valence-corrected chi connectivity index (χ0v) is 13.2. The van der Waals surface area contributed by atoms with Crippen LogP contribution in [0.15, 0.2) is 0 Å². The SMILES string of the molecule is CCN(CC)CC.CN(CC(=O)O)C(=N)NP(=O)(O)O. The summed E-state index contributed by atoms with van der Waals surface area (Å²) in [6, 6.07) is 0. The second kappa shape index (κ2) is 10.6. The van der Waals surface area contributed by atoms with Crippen molar-refractivity contribution in [1.29, 1.82) is 5.41 Å². The molecule has 0 radical (unpaired) electrons. The molecule has 0 spiro atoms. The van der Waals surface area contributed by atoms with Crippen LogP contribution in [0.5, 0.6) is 0 Å². The fourth-order valence-corrected chi connectivity index (χ4v) is 1.62. The summed E-state index contributed by atoms with van der Waals surface area (Å²) < 4.78 is 10.3. The van der Waals surface area contributed by atoms with E-state index in [4.69, 9.17) is 20.3 Å². The van der Waals surface area contributed by atoms with Crippen molar-refractivity contribution in [3.8, 4) is 0 Å². The van der Waals surface area contributed by atoms with Crippen molar-refractivity contribution >= 4 is 19.7 Å². The molecule has 10 heteroatoms. The van der Waals surface area contributed by atoms with Crippen LogP contribution in [0.3, 0.4) is 0 Å². The number of guanidine groups is 1. The van der Waals surface area contributed by atoms with Gasteiger partial charge in [-0.1, -0.05) is 20.8 Å². The lowest BCUT2D eigenvalue weighted by Crippen LogP contribution is -2.39. The summed E-state index contributed by atoms with van der Waals surface area (Å²) in [4.78, 5) is 30.1. The van der Waals surface area contributed by atoms with Crippen LogP contribution in [0.1, 0.15) is 20.8 Å². The summed E-state index contributed by atoms with van der Waals surface area (Å²) in [7, 11) is -3.31. The molecule has 0 amide bonds. The van der Waals surface area contributed by atoms with Gasteiger partial charge in [-0.3, -0.25) is 15.3 Å². The van der Waals surface area contributed by atoms with Gasteiger partial charge < -0.3 is 24.7 Å². The molecule has 0 aliphatic carbocycles. The Kier molecular flexibility index (Phi) is 11.2. The summed E-state index contributed by atoms with van der Waals surface area (Å²) in [5, 5.41) is 16.8. The second-order valence-electron chi connectivity index (χ2n) is 3.87. The number of aliphatic carboxylic acids is 1. The minimum absolute atomic E-state index is 0.508. The van der Waals surface area contributed by atoms with Crippen LogP contribution in [-0.2, 0) is 9.36 Å². The lowest BCUT2D eigenvalue weighted by Gasteiger charge is -2.18. The van der Waals surface area contributed by atoms with Crippen LogP contribution in [-0.4, -0.2) is 69.8 Å². The van der Waals surface area contributed by atoms with E-state index in [0.717, 1.165) is 4.90 Å². The summed E-state index contributed by atoms with van der Waals surface area (Å²) in [5.41, 5.74) is 0. The van der Waals surface area contributed by atoms with Crippen LogP contribution in [0, 0.1) is 5.41 Å². The molecule has 120 valence electrons. The molecule has 0 rings (SSSR count). The monoisotopic (exact) mass is 312 g/mol. The van der Waals surface area contributed by atoms with E-state index in [0.29, 0.717) is 0 Å². The molecule has 0 saturated heterocycles. The van der Waals surface area contributed by atoms with Gasteiger partial charge >= 0.3 is 13.7 Å². The van der Waals surface area contributed by atoms with Gasteiger partial charge in [-0.15, -0.1) is 0 Å². The molecule has 0 bridgehead atoms. The van der Waals surface area contributed by atoms with Crippen molar-refractivity contribution in [3.63, 3.8) is 0 Å². The maximum absolute atomic E-state index is 10.3. The lowest BCUT2D eigenvalue weighted by atomic mass is 10.5. The number of nitrogens with zero attached hydrogens (tertiary/aromatic N) is 2. The highest BCUT2D eigenvalue weighted by Gasteiger charge is 2.17. The van der Waals surface area contributed by atoms with Gasteiger partial charge in [0.25, 0.3) is 0 Å². The van der Waals surface area contributed by atoms with E-state index in [2.05, 4.69) is 25.7 Å². The van der Waals surface area contributed by atoms with E-state index in [1.54, 1.807) is 0 Å². The van der Waals surface area contributed by atoms with E-state index in [1.807, 2.05) is 0 Å². The molecule has 0 saturated carbocycles. The Morgan fingerprint density at radius 1 is 1.20 bits per heavy atom. The fourth-order valence-electron chi connectivity index (χ4n) is 1.18. The zero-order valence-electron chi connectivity index (χ0n) is 12.3. The number of likely N-dealkylation sites (N-methyl/N-ethyl adjacent to an activating group) is 1. The number of carboxylic acids is 1. The highest BCUT2D eigenvalue weighted by molar-refractivity contribution is 7.50. The summed E-state index contributed by atoms with van der Waals surface area (Å²) in [5.74, 6) is -1.84. The van der Waals surface area contributed by atoms with Gasteiger partial charge in [-0.2, -0.15) is 0 Å². The summed E-state index contributed by atoms with van der Waals surface area (Å²) in [6.07, 6.45) is 0. The number of hydrogen-bond acceptors (Lipinski definition) is 4. The van der Waals surface area contributed by atoms with Crippen molar-refractivity contribution in [2.45, 2.75) is 20.8 Å². The fraction of sp³-hybridized carbons (Fsp3) is 0.800. The van der Waals surface area contributed by atoms with E-state index >= 15 is 0 Å². The van der Waals surface area contributed by atoms with E-state index in [9.17, 15) is 9.36 Å². The highest BCUT2D eigenvalue weighted by Crippen LogP contribution is 2.27. The van der Waals surface area contributed by atoms with Gasteiger partial charge in [-0.05, 0) is 19.6 Å². The Labute approximate surface area is 119 Å². The minimum atomic E-state index is -4.53. The standard InChI is InChI=1S/C6H15N.C4H10N3O5P/c1-4-7(5-2)6-3;1-7(2-3(8)9)4(5)6-13(10,11)12/h4-6H2,1-3H3;2H2,1H3,(H,8,9)(H4,5,6,10,11,12). The Balaban J connectivity index is 0. The van der Waals surface area contributed by atoms with Gasteiger partial charge in [-0.25, -0.2) is 4.57 Å². The van der Waals surface area contributed by atoms with E-state index < -0.39 is 26.2 Å². The topological polar surface area (TPSA) is 137 Å². The molecule has 0 unspecified atom stereocenters. The molecule has 0 heterocycles. The lowest BCUT2D eigenvalue weighted by molar-refractivity contribution is -0.137. The van der Waals surface area contributed by atoms with Crippen molar-refractivity contribution in [1.82, 2.24) is 14.9 Å². The summed E-state index contributed by atoms with van der Waals surface area (Å²) in [6.45, 7) is 9.62. The molecule has 5 N–H and O–H groups in total. The molecule has 0 aliphatic heterocycles. The van der Waals surface area contributed by atoms with Crippen LogP contribution in [0.2, 0.25) is 0 Å². The van der Waals surface area contributed by atoms with Gasteiger partial charge in [0.1, 0.15) is 6.54 Å². The third-order valence-corrected chi connectivity index (χ3v) is 2.85. The molecule has 0 aromatic carbocycles. The molecular weight excluding hydrogens is 287 g/mol. The van der Waals surface area contributed by atoms with Gasteiger partial charge in [0.2, 0.25) is 0 Å². The van der Waals surface area contributed by atoms with Crippen molar-refractivity contribution in [3.05, 3.63) is 0 Å². The molecule has 0 aromatic heterocycles. The largest absolute Gasteiger partial charge is 0.480 e. The quantitative estimate of drug-likeness (QED) is 0.262. The van der Waals surface area contributed by atoms with Crippen LogP contribution in [0.25, 0.3) is 0 Å². The normalized spacial score (nSPS) is 10.6. The first-order valence-electron chi connectivity index (χ1n) is 6.14. The molecular formula is C10H25N4O5P. The van der Waals surface area contributed by atoms with Crippen molar-refractivity contribution in [2.24, 2.45) is 0 Å². The van der Waals surface area contributed by atoms with Crippen molar-refractivity contribution in [2.75, 3.05) is 33.2 Å². The Bertz CT molecular complexity index is 337. The predicted octanol–water partition coefficient (Wildman–Crippen LogP) is -0.0320. The number of carboxylic acid groups (broad SMARTS) is 1. The molecule has 0 aliphatic rings. The average Bonchev–Trinajstić information content (AvgIpc) is 2.29. The Morgan fingerprint density at radius 3 is 1.80 bits per heavy atom. The van der Waals surface area contributed by atoms with Gasteiger partial charge in [0.15, 0.2) is 5.96 Å². The Morgan fingerprint density at radius 2 is 1.60 bits per heavy atom. The first-order chi connectivity index (χ1) is 9.07. The van der Waals surface area contributed by atoms with E-state index in [-0.39, 0.29) is 0 Å². The first-order valence-corrected chi connectivity index (χ1v) is 7.76. The minimum Gasteiger partial charge on any atom is -0.480 e. The number of carbonyl (C=O) groups is 1. The molecule has 0 fully saturated rings. The molecule has 9 nitrogen and oxygen atoms in total. The third-order valence-electron chi connectivity index (χ3n) is 2.35. The predicted molar refractivity (Wildman–Crippen MR) is 76.6 cm³/mol. The van der Waals surface area contributed by atoms with Gasteiger partial charge in [0, 0.05) is 7.05 Å². The van der Waals surface area contributed by atoms with E-state index in [1.165, 1.54) is 31.8 Å². The third kappa shape index (κ3) is 13.3. The Hall–Kier alpha value is -1.15. The first kappa shape index (κ1) is 21.2. The number of hydrogen-bond donors (Lipinski definition) is 5. The van der Waals surface area contributed by atoms with Crippen molar-refractivity contribution < 1.29 is 24.3 Å². The van der Waals surface area contributed by atoms with Crippen LogP contribution >= 0.6 is 7.75 Å². The van der Waals surface area contributed by atoms with Crippen LogP contribution < -0.4 is 5.09 Å². The molecule has 0 atom stereocenters. The molecule has 20 heavy (non-hydrogen) atoms. The smallest absolute Gasteiger partial charge is 0.429 e. The summed E-state index contributed by atoms with van der Waals surface area (Å²) >= 11 is 0. The molecule has 0 aromatic rings.